The third-order valence-corrected chi connectivity index (χ3v) is 4.18. The second-order valence-electron chi connectivity index (χ2n) is 4.78. The molecule has 0 spiro atoms. The van der Waals surface area contributed by atoms with Crippen LogP contribution in [0.5, 0.6) is 0 Å². The van der Waals surface area contributed by atoms with Crippen LogP contribution in [0.2, 0.25) is 0 Å². The Kier molecular flexibility index (Phi) is 5.70. The van der Waals surface area contributed by atoms with Crippen molar-refractivity contribution in [2.75, 3.05) is 36.6 Å². The van der Waals surface area contributed by atoms with Crippen LogP contribution in [0.25, 0.3) is 0 Å². The first-order valence-electron chi connectivity index (χ1n) is 6.75. The Hall–Kier alpha value is -1.24. The van der Waals surface area contributed by atoms with Gasteiger partial charge in [-0.05, 0) is 37.6 Å². The smallest absolute Gasteiger partial charge is 0.234 e. The summed E-state index contributed by atoms with van der Waals surface area (Å²) in [6.07, 6.45) is 1.92. The molecule has 1 atom stereocenters. The molecule has 0 fully saturated rings. The summed E-state index contributed by atoms with van der Waals surface area (Å²) in [4.78, 5) is 12.5. The lowest BCUT2D eigenvalue weighted by molar-refractivity contribution is -0.113. The summed E-state index contributed by atoms with van der Waals surface area (Å²) in [5, 5.41) is 6.34. The molecule has 20 heavy (non-hydrogen) atoms. The van der Waals surface area contributed by atoms with Crippen molar-refractivity contribution in [3.8, 4) is 0 Å². The number of methoxy groups -OCH3 is 1. The molecule has 6 heteroatoms. The van der Waals surface area contributed by atoms with Gasteiger partial charge < -0.3 is 21.1 Å². The Balaban J connectivity index is 2.04. The van der Waals surface area contributed by atoms with E-state index in [0.29, 0.717) is 18.9 Å². The van der Waals surface area contributed by atoms with Crippen molar-refractivity contribution in [2.24, 2.45) is 5.73 Å². The van der Waals surface area contributed by atoms with E-state index in [1.54, 1.807) is 18.9 Å². The minimum atomic E-state index is 0.0521. The first-order valence-corrected chi connectivity index (χ1v) is 7.73. The average molecular weight is 295 g/mol. The van der Waals surface area contributed by atoms with Gasteiger partial charge in [0.05, 0.1) is 18.0 Å². The van der Waals surface area contributed by atoms with Gasteiger partial charge >= 0.3 is 0 Å². The largest absolute Gasteiger partial charge is 0.383 e. The number of benzene rings is 1. The zero-order valence-electron chi connectivity index (χ0n) is 11.6. The van der Waals surface area contributed by atoms with Gasteiger partial charge in [0, 0.05) is 23.7 Å². The van der Waals surface area contributed by atoms with Crippen LogP contribution in [0, 0.1) is 0 Å². The zero-order chi connectivity index (χ0) is 14.4. The van der Waals surface area contributed by atoms with Gasteiger partial charge in [-0.2, -0.15) is 0 Å². The van der Waals surface area contributed by atoms with Crippen molar-refractivity contribution >= 4 is 29.0 Å². The third-order valence-electron chi connectivity index (χ3n) is 3.11. The van der Waals surface area contributed by atoms with Gasteiger partial charge in [0.25, 0.3) is 0 Å². The van der Waals surface area contributed by atoms with E-state index in [1.807, 2.05) is 18.2 Å². The van der Waals surface area contributed by atoms with E-state index in [-0.39, 0.29) is 11.9 Å². The molecule has 1 unspecified atom stereocenters. The van der Waals surface area contributed by atoms with Gasteiger partial charge in [-0.1, -0.05) is 0 Å². The molecule has 1 aromatic rings. The van der Waals surface area contributed by atoms with Crippen LogP contribution >= 0.6 is 11.8 Å². The minimum absolute atomic E-state index is 0.0521. The van der Waals surface area contributed by atoms with E-state index in [0.717, 1.165) is 29.1 Å². The monoisotopic (exact) mass is 295 g/mol. The van der Waals surface area contributed by atoms with Gasteiger partial charge in [0.2, 0.25) is 5.91 Å². The fraction of sp³-hybridized carbons (Fsp3) is 0.500. The fourth-order valence-electron chi connectivity index (χ4n) is 2.17. The number of rotatable bonds is 7. The van der Waals surface area contributed by atoms with Crippen LogP contribution in [0.15, 0.2) is 23.1 Å². The number of carbonyl (C=O) groups excluding carboxylic acids is 1. The number of anilines is 2. The van der Waals surface area contributed by atoms with Crippen molar-refractivity contribution in [3.63, 3.8) is 0 Å². The van der Waals surface area contributed by atoms with Gasteiger partial charge in [0.1, 0.15) is 0 Å². The minimum Gasteiger partial charge on any atom is -0.383 e. The quantitative estimate of drug-likeness (QED) is 0.716. The SMILES string of the molecule is COCC(CCCN)Nc1ccc2c(c1)NC(=O)CS2. The normalized spacial score (nSPS) is 15.4. The summed E-state index contributed by atoms with van der Waals surface area (Å²) in [5.74, 6) is 0.541. The molecular weight excluding hydrogens is 274 g/mol. The topological polar surface area (TPSA) is 76.4 Å². The molecule has 0 saturated heterocycles. The molecule has 0 aliphatic carbocycles. The Labute approximate surface area is 123 Å². The molecule has 0 saturated carbocycles. The highest BCUT2D eigenvalue weighted by Gasteiger charge is 2.16. The molecule has 1 amide bonds. The molecule has 1 aliphatic heterocycles. The van der Waals surface area contributed by atoms with Gasteiger partial charge in [0.15, 0.2) is 0 Å². The highest BCUT2D eigenvalue weighted by molar-refractivity contribution is 8.00. The molecule has 2 rings (SSSR count). The maximum atomic E-state index is 11.4. The van der Waals surface area contributed by atoms with Gasteiger partial charge in [-0.15, -0.1) is 11.8 Å². The summed E-state index contributed by atoms with van der Waals surface area (Å²) in [6.45, 7) is 1.32. The Morgan fingerprint density at radius 1 is 1.55 bits per heavy atom. The Morgan fingerprint density at radius 3 is 3.15 bits per heavy atom. The summed E-state index contributed by atoms with van der Waals surface area (Å²) in [6, 6.07) is 6.28. The van der Waals surface area contributed by atoms with E-state index < -0.39 is 0 Å². The molecule has 0 radical (unpaired) electrons. The molecule has 5 nitrogen and oxygen atoms in total. The third kappa shape index (κ3) is 4.13. The number of thioether (sulfide) groups is 1. The lowest BCUT2D eigenvalue weighted by Crippen LogP contribution is -2.26. The number of hydrogen-bond donors (Lipinski definition) is 3. The molecule has 110 valence electrons. The Bertz CT molecular complexity index is 468. The van der Waals surface area contributed by atoms with Crippen LogP contribution in [-0.4, -0.2) is 38.0 Å². The number of fused-ring (bicyclic) bond motifs is 1. The molecular formula is C14H21N3O2S. The predicted octanol–water partition coefficient (Wildman–Crippen LogP) is 1.90. The standard InChI is InChI=1S/C14H21N3O2S/c1-19-8-11(3-2-6-15)16-10-4-5-13-12(7-10)17-14(18)9-20-13/h4-5,7,11,16H,2-3,6,8-9,15H2,1H3,(H,17,18). The number of carbonyl (C=O) groups is 1. The van der Waals surface area contributed by atoms with Gasteiger partial charge in [-0.3, -0.25) is 4.79 Å². The van der Waals surface area contributed by atoms with Crippen LogP contribution < -0.4 is 16.4 Å². The highest BCUT2D eigenvalue weighted by atomic mass is 32.2. The Morgan fingerprint density at radius 2 is 2.40 bits per heavy atom. The first kappa shape index (κ1) is 15.2. The number of hydrogen-bond acceptors (Lipinski definition) is 5. The van der Waals surface area contributed by atoms with Crippen molar-refractivity contribution in [2.45, 2.75) is 23.8 Å². The molecule has 0 bridgehead atoms. The highest BCUT2D eigenvalue weighted by Crippen LogP contribution is 2.33. The second kappa shape index (κ2) is 7.52. The van der Waals surface area contributed by atoms with Crippen molar-refractivity contribution in [1.82, 2.24) is 0 Å². The lowest BCUT2D eigenvalue weighted by atomic mass is 10.1. The van der Waals surface area contributed by atoms with Crippen LogP contribution in [0.4, 0.5) is 11.4 Å². The van der Waals surface area contributed by atoms with E-state index >= 15 is 0 Å². The summed E-state index contributed by atoms with van der Waals surface area (Å²) in [7, 11) is 1.70. The summed E-state index contributed by atoms with van der Waals surface area (Å²) < 4.78 is 5.23. The summed E-state index contributed by atoms with van der Waals surface area (Å²) >= 11 is 1.57. The summed E-state index contributed by atoms with van der Waals surface area (Å²) in [5.41, 5.74) is 7.43. The number of ether oxygens (including phenoxy) is 1. The van der Waals surface area contributed by atoms with Crippen molar-refractivity contribution in [3.05, 3.63) is 18.2 Å². The molecule has 4 N–H and O–H groups in total. The number of nitrogens with two attached hydrogens (primary N) is 1. The maximum Gasteiger partial charge on any atom is 0.234 e. The van der Waals surface area contributed by atoms with Crippen molar-refractivity contribution in [1.29, 1.82) is 0 Å². The average Bonchev–Trinajstić information content (AvgIpc) is 2.44. The van der Waals surface area contributed by atoms with Crippen LogP contribution in [0.3, 0.4) is 0 Å². The van der Waals surface area contributed by atoms with E-state index in [4.69, 9.17) is 10.5 Å². The predicted molar refractivity (Wildman–Crippen MR) is 83.4 cm³/mol. The van der Waals surface area contributed by atoms with E-state index in [9.17, 15) is 4.79 Å². The zero-order valence-corrected chi connectivity index (χ0v) is 12.5. The van der Waals surface area contributed by atoms with Crippen LogP contribution in [-0.2, 0) is 9.53 Å². The molecule has 1 aliphatic rings. The number of nitrogens with one attached hydrogen (secondary N) is 2. The van der Waals surface area contributed by atoms with Crippen molar-refractivity contribution < 1.29 is 9.53 Å². The van der Waals surface area contributed by atoms with Crippen LogP contribution in [0.1, 0.15) is 12.8 Å². The van der Waals surface area contributed by atoms with Gasteiger partial charge in [-0.25, -0.2) is 0 Å². The molecule has 1 aromatic carbocycles. The molecule has 1 heterocycles. The molecule has 0 aromatic heterocycles. The lowest BCUT2D eigenvalue weighted by Gasteiger charge is -2.21. The van der Waals surface area contributed by atoms with E-state index in [2.05, 4.69) is 10.6 Å². The maximum absolute atomic E-state index is 11.4. The van der Waals surface area contributed by atoms with E-state index in [1.165, 1.54) is 0 Å². The first-order chi connectivity index (χ1) is 9.72. The fourth-order valence-corrected chi connectivity index (χ4v) is 2.96. The second-order valence-corrected chi connectivity index (χ2v) is 5.79. The number of amides is 1.